The largest absolute Gasteiger partial charge is 0.384 e. The van der Waals surface area contributed by atoms with Crippen molar-refractivity contribution in [3.05, 3.63) is 53.2 Å². The molecule has 0 aliphatic carbocycles. The Labute approximate surface area is 155 Å². The van der Waals surface area contributed by atoms with Crippen LogP contribution in [0, 0.1) is 0 Å². The second kappa shape index (κ2) is 6.71. The van der Waals surface area contributed by atoms with Gasteiger partial charge in [0.15, 0.2) is 0 Å². The summed E-state index contributed by atoms with van der Waals surface area (Å²) in [6.07, 6.45) is 2.27. The lowest BCUT2D eigenvalue weighted by atomic mass is 10.0. The van der Waals surface area contributed by atoms with Gasteiger partial charge in [0, 0.05) is 25.1 Å². The molecule has 4 rings (SSSR count). The third-order valence-electron chi connectivity index (χ3n) is 4.88. The predicted molar refractivity (Wildman–Crippen MR) is 98.5 cm³/mol. The molecule has 2 aliphatic heterocycles. The molecule has 8 nitrogen and oxygen atoms in total. The maximum Gasteiger partial charge on any atom is 0.255 e. The zero-order valence-corrected chi connectivity index (χ0v) is 14.6. The van der Waals surface area contributed by atoms with Crippen LogP contribution in [0.15, 0.2) is 36.5 Å². The molecule has 1 atom stereocenters. The lowest BCUT2D eigenvalue weighted by molar-refractivity contribution is -0.136. The lowest BCUT2D eigenvalue weighted by Crippen LogP contribution is -2.52. The fourth-order valence-electron chi connectivity index (χ4n) is 3.43. The molecule has 2 aromatic rings. The maximum absolute atomic E-state index is 12.8. The molecule has 2 aliphatic rings. The van der Waals surface area contributed by atoms with Gasteiger partial charge in [-0.2, -0.15) is 0 Å². The number of nitrogens with one attached hydrogen (secondary N) is 2. The van der Waals surface area contributed by atoms with E-state index in [0.29, 0.717) is 30.9 Å². The third-order valence-corrected chi connectivity index (χ3v) is 4.88. The van der Waals surface area contributed by atoms with Crippen molar-refractivity contribution in [1.29, 1.82) is 0 Å². The highest BCUT2D eigenvalue weighted by Crippen LogP contribution is 2.28. The SMILES string of the molecule is Nc1ccc(NCc2ccc3c(c2)C(=O)N(C2CCC(=O)NC2=O)C3)cn1. The van der Waals surface area contributed by atoms with Crippen molar-refractivity contribution >= 4 is 29.2 Å². The van der Waals surface area contributed by atoms with Crippen molar-refractivity contribution in [2.45, 2.75) is 32.0 Å². The van der Waals surface area contributed by atoms with E-state index in [-0.39, 0.29) is 18.2 Å². The number of aromatic nitrogens is 1. The fourth-order valence-corrected chi connectivity index (χ4v) is 3.43. The molecule has 1 aromatic heterocycles. The number of benzene rings is 1. The Hall–Kier alpha value is -3.42. The number of amides is 3. The molecule has 27 heavy (non-hydrogen) atoms. The highest BCUT2D eigenvalue weighted by atomic mass is 16.2. The number of nitrogens with zero attached hydrogens (tertiary/aromatic N) is 2. The number of pyridine rings is 1. The molecule has 1 fully saturated rings. The van der Waals surface area contributed by atoms with Crippen LogP contribution in [-0.2, 0) is 22.7 Å². The van der Waals surface area contributed by atoms with Gasteiger partial charge >= 0.3 is 0 Å². The highest BCUT2D eigenvalue weighted by molar-refractivity contribution is 6.05. The summed E-state index contributed by atoms with van der Waals surface area (Å²) in [6, 6.07) is 8.68. The van der Waals surface area contributed by atoms with E-state index in [1.54, 1.807) is 17.2 Å². The summed E-state index contributed by atoms with van der Waals surface area (Å²) in [4.78, 5) is 41.8. The number of rotatable bonds is 4. The quantitative estimate of drug-likeness (QED) is 0.697. The van der Waals surface area contributed by atoms with Gasteiger partial charge < -0.3 is 16.0 Å². The van der Waals surface area contributed by atoms with Crippen LogP contribution in [0.4, 0.5) is 11.5 Å². The fraction of sp³-hybridized carbons (Fsp3) is 0.263. The topological polar surface area (TPSA) is 117 Å². The summed E-state index contributed by atoms with van der Waals surface area (Å²) in [5, 5.41) is 5.55. The Kier molecular flexibility index (Phi) is 4.23. The number of nitrogen functional groups attached to an aromatic ring is 1. The first-order valence-corrected chi connectivity index (χ1v) is 8.73. The zero-order chi connectivity index (χ0) is 19.0. The number of hydrogen-bond donors (Lipinski definition) is 3. The van der Waals surface area contributed by atoms with Gasteiger partial charge in [-0.1, -0.05) is 12.1 Å². The van der Waals surface area contributed by atoms with E-state index in [9.17, 15) is 14.4 Å². The molecule has 1 unspecified atom stereocenters. The Morgan fingerprint density at radius 1 is 1.22 bits per heavy atom. The Morgan fingerprint density at radius 2 is 2.07 bits per heavy atom. The number of anilines is 2. The highest BCUT2D eigenvalue weighted by Gasteiger charge is 2.39. The van der Waals surface area contributed by atoms with Crippen LogP contribution in [0.2, 0.25) is 0 Å². The van der Waals surface area contributed by atoms with Gasteiger partial charge in [-0.05, 0) is 35.7 Å². The van der Waals surface area contributed by atoms with Crippen LogP contribution < -0.4 is 16.4 Å². The van der Waals surface area contributed by atoms with Crippen molar-refractivity contribution < 1.29 is 14.4 Å². The molecule has 1 saturated heterocycles. The number of hydrogen-bond acceptors (Lipinski definition) is 6. The van der Waals surface area contributed by atoms with E-state index in [2.05, 4.69) is 15.6 Å². The van der Waals surface area contributed by atoms with E-state index in [1.807, 2.05) is 24.3 Å². The third kappa shape index (κ3) is 3.33. The molecule has 3 amide bonds. The Bertz CT molecular complexity index is 925. The van der Waals surface area contributed by atoms with Gasteiger partial charge in [0.25, 0.3) is 5.91 Å². The maximum atomic E-state index is 12.8. The Balaban J connectivity index is 1.47. The van der Waals surface area contributed by atoms with Crippen LogP contribution in [0.5, 0.6) is 0 Å². The van der Waals surface area contributed by atoms with Gasteiger partial charge in [0.05, 0.1) is 11.9 Å². The number of piperidine rings is 1. The number of carbonyl (C=O) groups is 3. The predicted octanol–water partition coefficient (Wildman–Crippen LogP) is 1.04. The first kappa shape index (κ1) is 17.0. The van der Waals surface area contributed by atoms with Crippen LogP contribution in [0.3, 0.4) is 0 Å². The van der Waals surface area contributed by atoms with Crippen molar-refractivity contribution in [2.24, 2.45) is 0 Å². The molecule has 8 heteroatoms. The second-order valence-corrected chi connectivity index (χ2v) is 6.72. The molecule has 0 radical (unpaired) electrons. The minimum Gasteiger partial charge on any atom is -0.384 e. The van der Waals surface area contributed by atoms with E-state index in [4.69, 9.17) is 5.73 Å². The van der Waals surface area contributed by atoms with E-state index >= 15 is 0 Å². The van der Waals surface area contributed by atoms with Crippen LogP contribution in [0.25, 0.3) is 0 Å². The van der Waals surface area contributed by atoms with Crippen LogP contribution in [0.1, 0.15) is 34.3 Å². The molecular formula is C19H19N5O3. The summed E-state index contributed by atoms with van der Waals surface area (Å²) >= 11 is 0. The molecule has 0 bridgehead atoms. The Morgan fingerprint density at radius 3 is 2.81 bits per heavy atom. The molecule has 3 heterocycles. The van der Waals surface area contributed by atoms with Crippen molar-refractivity contribution in [3.8, 4) is 0 Å². The summed E-state index contributed by atoms with van der Waals surface area (Å²) in [5.41, 5.74) is 8.85. The average Bonchev–Trinajstić information content (AvgIpc) is 2.97. The normalized spacial score (nSPS) is 19.0. The monoisotopic (exact) mass is 365 g/mol. The lowest BCUT2D eigenvalue weighted by Gasteiger charge is -2.29. The van der Waals surface area contributed by atoms with E-state index in [1.165, 1.54) is 0 Å². The summed E-state index contributed by atoms with van der Waals surface area (Å²) < 4.78 is 0. The second-order valence-electron chi connectivity index (χ2n) is 6.72. The smallest absolute Gasteiger partial charge is 0.255 e. The number of nitrogens with two attached hydrogens (primary N) is 1. The zero-order valence-electron chi connectivity index (χ0n) is 14.6. The number of fused-ring (bicyclic) bond motifs is 1. The van der Waals surface area contributed by atoms with Crippen molar-refractivity contribution in [3.63, 3.8) is 0 Å². The van der Waals surface area contributed by atoms with Gasteiger partial charge in [0.1, 0.15) is 11.9 Å². The van der Waals surface area contributed by atoms with Gasteiger partial charge in [0.2, 0.25) is 11.8 Å². The first-order chi connectivity index (χ1) is 13.0. The van der Waals surface area contributed by atoms with Gasteiger partial charge in [-0.25, -0.2) is 4.98 Å². The number of carbonyl (C=O) groups excluding carboxylic acids is 3. The van der Waals surface area contributed by atoms with Gasteiger partial charge in [-0.15, -0.1) is 0 Å². The summed E-state index contributed by atoms with van der Waals surface area (Å²) in [5.74, 6) is -0.399. The van der Waals surface area contributed by atoms with Crippen LogP contribution in [-0.4, -0.2) is 33.6 Å². The van der Waals surface area contributed by atoms with Crippen LogP contribution >= 0.6 is 0 Å². The standard InChI is InChI=1S/C19H19N5O3/c20-16-5-3-13(9-22-16)21-8-11-1-2-12-10-24(19(27)14(12)7-11)15-4-6-17(25)23-18(15)26/h1-3,5,7,9,15,21H,4,6,8,10H2,(H2,20,22)(H,23,25,26). The van der Waals surface area contributed by atoms with Crippen molar-refractivity contribution in [1.82, 2.24) is 15.2 Å². The molecule has 138 valence electrons. The molecule has 4 N–H and O–H groups in total. The minimum absolute atomic E-state index is 0.171. The average molecular weight is 365 g/mol. The molecule has 1 aromatic carbocycles. The van der Waals surface area contributed by atoms with Crippen molar-refractivity contribution in [2.75, 3.05) is 11.1 Å². The minimum atomic E-state index is -0.593. The summed E-state index contributed by atoms with van der Waals surface area (Å²) in [7, 11) is 0. The molecular weight excluding hydrogens is 346 g/mol. The number of imide groups is 1. The van der Waals surface area contributed by atoms with E-state index in [0.717, 1.165) is 16.8 Å². The summed E-state index contributed by atoms with van der Waals surface area (Å²) in [6.45, 7) is 0.917. The molecule has 0 saturated carbocycles. The molecule has 0 spiro atoms. The van der Waals surface area contributed by atoms with E-state index < -0.39 is 11.9 Å². The van der Waals surface area contributed by atoms with Gasteiger partial charge in [-0.3, -0.25) is 19.7 Å². The first-order valence-electron chi connectivity index (χ1n) is 8.73.